The molecule has 0 aliphatic heterocycles. The highest BCUT2D eigenvalue weighted by Crippen LogP contribution is 2.18. The predicted octanol–water partition coefficient (Wildman–Crippen LogP) is 10.5. The molecule has 0 rings (SSSR count). The van der Waals surface area contributed by atoms with Gasteiger partial charge in [-0.2, -0.15) is 0 Å². The molecule has 0 unspecified atom stereocenters. The Bertz CT molecular complexity index is 303. The molecule has 0 radical (unpaired) electrons. The number of rotatable bonds is 26. The normalized spacial score (nSPS) is 12.0. The van der Waals surface area contributed by atoms with Gasteiger partial charge in [0, 0.05) is 0 Å². The molecule has 0 bridgehead atoms. The Kier molecular flexibility index (Phi) is 24.6. The molecule has 0 fully saturated rings. The minimum absolute atomic E-state index is 1.36. The predicted molar refractivity (Wildman–Crippen MR) is 144 cm³/mol. The number of hydrogen-bond acceptors (Lipinski definition) is 0. The van der Waals surface area contributed by atoms with Crippen LogP contribution in [-0.4, -0.2) is 30.7 Å². The zero-order valence-corrected chi connectivity index (χ0v) is 22.8. The lowest BCUT2D eigenvalue weighted by molar-refractivity contribution is -0.929. The zero-order valence-electron chi connectivity index (χ0n) is 22.8. The molecule has 0 saturated carbocycles. The van der Waals surface area contributed by atoms with Gasteiger partial charge >= 0.3 is 0 Å². The standard InChI is InChI=1S/C30H64N/c1-5-9-13-14-15-16-17-18-19-20-21-22-23-24-25-26-30-31(27-10-6-2,28-11-7-3)29-12-8-4/h5-30H2,1-4H3/q+1. The molecule has 188 valence electrons. The van der Waals surface area contributed by atoms with Crippen molar-refractivity contribution in [3.05, 3.63) is 0 Å². The maximum atomic E-state index is 2.36. The molecule has 0 aromatic heterocycles. The lowest BCUT2D eigenvalue weighted by Crippen LogP contribution is -2.50. The highest BCUT2D eigenvalue weighted by molar-refractivity contribution is 4.53. The van der Waals surface area contributed by atoms with E-state index in [1.54, 1.807) is 0 Å². The highest BCUT2D eigenvalue weighted by atomic mass is 15.3. The van der Waals surface area contributed by atoms with Crippen molar-refractivity contribution in [3.8, 4) is 0 Å². The number of quaternary nitrogens is 1. The quantitative estimate of drug-likeness (QED) is 0.0930. The summed E-state index contributed by atoms with van der Waals surface area (Å²) >= 11 is 0. The first kappa shape index (κ1) is 31.0. The summed E-state index contributed by atoms with van der Waals surface area (Å²) in [5.74, 6) is 0. The summed E-state index contributed by atoms with van der Waals surface area (Å²) in [6.45, 7) is 15.2. The smallest absolute Gasteiger partial charge is 0.0786 e. The van der Waals surface area contributed by atoms with E-state index in [0.717, 1.165) is 0 Å². The summed E-state index contributed by atoms with van der Waals surface area (Å²) in [6.07, 6.45) is 31.9. The Balaban J connectivity index is 3.71. The fraction of sp³-hybridized carbons (Fsp3) is 1.00. The SMILES string of the molecule is CCCCCCCCCCCCCCCCCC[N+](CCCC)(CCCC)CCCC. The van der Waals surface area contributed by atoms with Gasteiger partial charge in [-0.05, 0) is 32.1 Å². The summed E-state index contributed by atoms with van der Waals surface area (Å²) < 4.78 is 1.44. The van der Waals surface area contributed by atoms with Crippen molar-refractivity contribution in [1.82, 2.24) is 0 Å². The number of unbranched alkanes of at least 4 members (excludes halogenated alkanes) is 18. The summed E-state index contributed by atoms with van der Waals surface area (Å²) in [5.41, 5.74) is 0. The second-order valence-corrected chi connectivity index (χ2v) is 10.6. The van der Waals surface area contributed by atoms with Gasteiger partial charge in [0.2, 0.25) is 0 Å². The third-order valence-electron chi connectivity index (χ3n) is 7.44. The lowest BCUT2D eigenvalue weighted by atomic mass is 10.0. The minimum Gasteiger partial charge on any atom is -0.324 e. The van der Waals surface area contributed by atoms with E-state index in [2.05, 4.69) is 27.7 Å². The van der Waals surface area contributed by atoms with Crippen molar-refractivity contribution in [2.75, 3.05) is 26.2 Å². The summed E-state index contributed by atoms with van der Waals surface area (Å²) in [6, 6.07) is 0. The van der Waals surface area contributed by atoms with Crippen molar-refractivity contribution in [1.29, 1.82) is 0 Å². The first-order chi connectivity index (χ1) is 15.2. The molecule has 0 aliphatic carbocycles. The fourth-order valence-corrected chi connectivity index (χ4v) is 5.15. The number of nitrogens with zero attached hydrogens (tertiary/aromatic N) is 1. The van der Waals surface area contributed by atoms with Gasteiger partial charge in [-0.15, -0.1) is 0 Å². The van der Waals surface area contributed by atoms with Crippen LogP contribution >= 0.6 is 0 Å². The molecule has 1 nitrogen and oxygen atoms in total. The Labute approximate surface area is 199 Å². The van der Waals surface area contributed by atoms with Gasteiger partial charge in [0.15, 0.2) is 0 Å². The van der Waals surface area contributed by atoms with Crippen molar-refractivity contribution in [2.24, 2.45) is 0 Å². The third kappa shape index (κ3) is 20.3. The molecule has 0 atom stereocenters. The molecule has 0 heterocycles. The Hall–Kier alpha value is -0.0400. The first-order valence-electron chi connectivity index (χ1n) is 15.1. The third-order valence-corrected chi connectivity index (χ3v) is 7.44. The van der Waals surface area contributed by atoms with Gasteiger partial charge in [0.05, 0.1) is 26.2 Å². The summed E-state index contributed by atoms with van der Waals surface area (Å²) in [5, 5.41) is 0. The van der Waals surface area contributed by atoms with Crippen LogP contribution in [-0.2, 0) is 0 Å². The molecule has 0 N–H and O–H groups in total. The van der Waals surface area contributed by atoms with Crippen molar-refractivity contribution in [2.45, 2.75) is 169 Å². The van der Waals surface area contributed by atoms with Crippen LogP contribution in [0.15, 0.2) is 0 Å². The van der Waals surface area contributed by atoms with E-state index in [1.807, 2.05) is 0 Å². The molecule has 0 spiro atoms. The van der Waals surface area contributed by atoms with Crippen LogP contribution in [0.25, 0.3) is 0 Å². The van der Waals surface area contributed by atoms with E-state index in [4.69, 9.17) is 0 Å². The molecule has 0 amide bonds. The van der Waals surface area contributed by atoms with Crippen LogP contribution in [0.5, 0.6) is 0 Å². The van der Waals surface area contributed by atoms with Gasteiger partial charge in [-0.3, -0.25) is 0 Å². The molecule has 31 heavy (non-hydrogen) atoms. The molecule has 0 aromatic carbocycles. The molecule has 1 heteroatoms. The second-order valence-electron chi connectivity index (χ2n) is 10.6. The molecule has 0 aliphatic rings. The maximum Gasteiger partial charge on any atom is 0.0786 e. The van der Waals surface area contributed by atoms with Gasteiger partial charge in [-0.25, -0.2) is 0 Å². The van der Waals surface area contributed by atoms with Gasteiger partial charge in [-0.1, -0.05) is 137 Å². The van der Waals surface area contributed by atoms with Crippen LogP contribution in [0, 0.1) is 0 Å². The van der Waals surface area contributed by atoms with Gasteiger partial charge in [0.25, 0.3) is 0 Å². The van der Waals surface area contributed by atoms with Crippen LogP contribution < -0.4 is 0 Å². The van der Waals surface area contributed by atoms with Crippen LogP contribution in [0.1, 0.15) is 169 Å². The van der Waals surface area contributed by atoms with E-state index in [-0.39, 0.29) is 0 Å². The van der Waals surface area contributed by atoms with Gasteiger partial charge in [0.1, 0.15) is 0 Å². The second kappa shape index (κ2) is 24.6. The van der Waals surface area contributed by atoms with Crippen LogP contribution in [0.2, 0.25) is 0 Å². The highest BCUT2D eigenvalue weighted by Gasteiger charge is 2.24. The lowest BCUT2D eigenvalue weighted by Gasteiger charge is -2.39. The Morgan fingerprint density at radius 2 is 0.484 bits per heavy atom. The molecule has 0 saturated heterocycles. The van der Waals surface area contributed by atoms with Gasteiger partial charge < -0.3 is 4.48 Å². The average Bonchev–Trinajstić information content (AvgIpc) is 2.79. The average molecular weight is 439 g/mol. The summed E-state index contributed by atoms with van der Waals surface area (Å²) in [7, 11) is 0. The fourth-order valence-electron chi connectivity index (χ4n) is 5.15. The van der Waals surface area contributed by atoms with Crippen LogP contribution in [0.3, 0.4) is 0 Å². The summed E-state index contributed by atoms with van der Waals surface area (Å²) in [4.78, 5) is 0. The van der Waals surface area contributed by atoms with E-state index in [1.165, 1.54) is 172 Å². The van der Waals surface area contributed by atoms with E-state index in [0.29, 0.717) is 0 Å². The molecule has 0 aromatic rings. The van der Waals surface area contributed by atoms with E-state index >= 15 is 0 Å². The van der Waals surface area contributed by atoms with E-state index in [9.17, 15) is 0 Å². The van der Waals surface area contributed by atoms with Crippen LogP contribution in [0.4, 0.5) is 0 Å². The number of hydrogen-bond donors (Lipinski definition) is 0. The maximum absolute atomic E-state index is 2.36. The van der Waals surface area contributed by atoms with Crippen molar-refractivity contribution < 1.29 is 4.48 Å². The Morgan fingerprint density at radius 3 is 0.774 bits per heavy atom. The minimum atomic E-state index is 1.36. The molecular formula is C30H64N+. The largest absolute Gasteiger partial charge is 0.324 e. The van der Waals surface area contributed by atoms with Crippen molar-refractivity contribution in [3.63, 3.8) is 0 Å². The zero-order chi connectivity index (χ0) is 22.9. The monoisotopic (exact) mass is 439 g/mol. The molecular weight excluding hydrogens is 374 g/mol. The Morgan fingerprint density at radius 1 is 0.258 bits per heavy atom. The topological polar surface area (TPSA) is 0 Å². The first-order valence-corrected chi connectivity index (χ1v) is 15.1. The van der Waals surface area contributed by atoms with Crippen molar-refractivity contribution >= 4 is 0 Å². The van der Waals surface area contributed by atoms with E-state index < -0.39 is 0 Å².